The highest BCUT2D eigenvalue weighted by Gasteiger charge is 2.12. The van der Waals surface area contributed by atoms with E-state index in [0.29, 0.717) is 11.3 Å². The maximum Gasteiger partial charge on any atom is 0.280 e. The molecule has 1 N–H and O–H groups in total. The maximum atomic E-state index is 11.3. The van der Waals surface area contributed by atoms with Gasteiger partial charge >= 0.3 is 0 Å². The summed E-state index contributed by atoms with van der Waals surface area (Å²) < 4.78 is 4.73. The van der Waals surface area contributed by atoms with E-state index in [2.05, 4.69) is 10.6 Å². The van der Waals surface area contributed by atoms with Gasteiger partial charge in [0.15, 0.2) is 0 Å². The van der Waals surface area contributed by atoms with E-state index < -0.39 is 0 Å². The number of hydrogen-bond acceptors (Lipinski definition) is 4. The average Bonchev–Trinajstić information content (AvgIpc) is 2.47. The lowest BCUT2D eigenvalue weighted by atomic mass is 10.3. The number of hydrogen-bond donors (Lipinski definition) is 1. The molecule has 5 nitrogen and oxygen atoms in total. The minimum absolute atomic E-state index is 0.0517. The molecule has 13 heavy (non-hydrogen) atoms. The van der Waals surface area contributed by atoms with Crippen molar-refractivity contribution in [3.63, 3.8) is 0 Å². The smallest absolute Gasteiger partial charge is 0.280 e. The third-order valence-corrected chi connectivity index (χ3v) is 1.38. The molecule has 0 saturated heterocycles. The molecule has 0 aliphatic rings. The molecular formula is C8H12N2O3. The summed E-state index contributed by atoms with van der Waals surface area (Å²) in [5, 5.41) is 3.48. The topological polar surface area (TPSA) is 64.4 Å². The van der Waals surface area contributed by atoms with E-state index in [0.717, 1.165) is 0 Å². The summed E-state index contributed by atoms with van der Waals surface area (Å²) in [6.45, 7) is 5.30. The zero-order valence-corrected chi connectivity index (χ0v) is 7.83. The fourth-order valence-electron chi connectivity index (χ4n) is 0.743. The van der Waals surface area contributed by atoms with Gasteiger partial charge in [0.1, 0.15) is 11.3 Å². The Balaban J connectivity index is 2.54. The molecule has 0 radical (unpaired) electrons. The number of carbonyl (C=O) groups excluding carboxylic acids is 1. The second-order valence-corrected chi connectivity index (χ2v) is 2.89. The molecule has 0 unspecified atom stereocenters. The lowest BCUT2D eigenvalue weighted by Crippen LogP contribution is -2.27. The van der Waals surface area contributed by atoms with Crippen LogP contribution in [-0.2, 0) is 4.84 Å². The van der Waals surface area contributed by atoms with E-state index in [1.54, 1.807) is 6.92 Å². The number of nitrogens with one attached hydrogen (secondary N) is 1. The molecule has 0 aliphatic heterocycles. The molecule has 0 bridgehead atoms. The molecule has 1 rings (SSSR count). The maximum absolute atomic E-state index is 11.3. The van der Waals surface area contributed by atoms with Crippen molar-refractivity contribution in [3.05, 3.63) is 17.5 Å². The minimum atomic E-state index is -0.340. The molecule has 0 spiro atoms. The van der Waals surface area contributed by atoms with Gasteiger partial charge < -0.3 is 4.52 Å². The van der Waals surface area contributed by atoms with Crippen molar-refractivity contribution in [1.82, 2.24) is 10.6 Å². The predicted octanol–water partition coefficient (Wildman–Crippen LogP) is 1.05. The number of aromatic nitrogens is 1. The third-order valence-electron chi connectivity index (χ3n) is 1.38. The van der Waals surface area contributed by atoms with E-state index in [1.807, 2.05) is 13.8 Å². The van der Waals surface area contributed by atoms with E-state index in [1.165, 1.54) is 6.20 Å². The van der Waals surface area contributed by atoms with E-state index in [9.17, 15) is 4.79 Å². The highest BCUT2D eigenvalue weighted by molar-refractivity contribution is 5.93. The molecule has 72 valence electrons. The van der Waals surface area contributed by atoms with Gasteiger partial charge in [0.2, 0.25) is 0 Å². The molecule has 0 fully saturated rings. The third kappa shape index (κ3) is 2.55. The zero-order valence-electron chi connectivity index (χ0n) is 7.83. The van der Waals surface area contributed by atoms with E-state index >= 15 is 0 Å². The quantitative estimate of drug-likeness (QED) is 0.713. The van der Waals surface area contributed by atoms with Crippen molar-refractivity contribution in [2.75, 3.05) is 0 Å². The first kappa shape index (κ1) is 9.73. The van der Waals surface area contributed by atoms with Crippen LogP contribution in [0.4, 0.5) is 0 Å². The van der Waals surface area contributed by atoms with Crippen molar-refractivity contribution in [2.24, 2.45) is 0 Å². The molecular weight excluding hydrogens is 172 g/mol. The summed E-state index contributed by atoms with van der Waals surface area (Å²) >= 11 is 0. The Bertz CT molecular complexity index is 293. The molecule has 1 aromatic heterocycles. The fourth-order valence-corrected chi connectivity index (χ4v) is 0.743. The Hall–Kier alpha value is -1.36. The van der Waals surface area contributed by atoms with Crippen molar-refractivity contribution in [2.45, 2.75) is 26.9 Å². The van der Waals surface area contributed by atoms with Gasteiger partial charge in [0, 0.05) is 0 Å². The van der Waals surface area contributed by atoms with Gasteiger partial charge in [-0.2, -0.15) is 0 Å². The molecule has 0 aromatic carbocycles. The molecule has 1 amide bonds. The van der Waals surface area contributed by atoms with Crippen LogP contribution in [0.3, 0.4) is 0 Å². The van der Waals surface area contributed by atoms with Crippen LogP contribution in [0.2, 0.25) is 0 Å². The SMILES string of the molecule is Cc1oncc1C(=O)NOC(C)C. The molecule has 1 aromatic rings. The number of rotatable bonds is 3. The fraction of sp³-hybridized carbons (Fsp3) is 0.500. The number of carbonyl (C=O) groups is 1. The zero-order chi connectivity index (χ0) is 9.84. The Morgan fingerprint density at radius 3 is 2.85 bits per heavy atom. The second-order valence-electron chi connectivity index (χ2n) is 2.89. The standard InChI is InChI=1S/C8H12N2O3/c1-5(2)12-10-8(11)7-4-9-13-6(7)3/h4-5H,1-3H3,(H,10,11). The van der Waals surface area contributed by atoms with Crippen molar-refractivity contribution in [3.8, 4) is 0 Å². The number of aryl methyl sites for hydroxylation is 1. The monoisotopic (exact) mass is 184 g/mol. The summed E-state index contributed by atoms with van der Waals surface area (Å²) in [5.41, 5.74) is 2.68. The highest BCUT2D eigenvalue weighted by Crippen LogP contribution is 2.05. The van der Waals surface area contributed by atoms with Gasteiger partial charge in [-0.15, -0.1) is 0 Å². The van der Waals surface area contributed by atoms with Crippen LogP contribution in [0.1, 0.15) is 30.0 Å². The van der Waals surface area contributed by atoms with Gasteiger partial charge in [-0.3, -0.25) is 9.63 Å². The molecule has 1 heterocycles. The average molecular weight is 184 g/mol. The summed E-state index contributed by atoms with van der Waals surface area (Å²) in [5.74, 6) is 0.136. The molecule has 5 heteroatoms. The van der Waals surface area contributed by atoms with Crippen LogP contribution in [0.5, 0.6) is 0 Å². The number of amides is 1. The summed E-state index contributed by atoms with van der Waals surface area (Å²) in [7, 11) is 0. The molecule has 0 aliphatic carbocycles. The van der Waals surface area contributed by atoms with Crippen LogP contribution in [0, 0.1) is 6.92 Å². The van der Waals surface area contributed by atoms with Gasteiger partial charge in [-0.05, 0) is 20.8 Å². The van der Waals surface area contributed by atoms with Gasteiger partial charge in [0.25, 0.3) is 5.91 Å². The van der Waals surface area contributed by atoms with Crippen LogP contribution in [-0.4, -0.2) is 17.2 Å². The summed E-state index contributed by atoms with van der Waals surface area (Å²) in [6, 6.07) is 0. The van der Waals surface area contributed by atoms with Crippen LogP contribution >= 0.6 is 0 Å². The Labute approximate surface area is 76.0 Å². The molecule has 0 saturated carbocycles. The first-order valence-corrected chi connectivity index (χ1v) is 3.98. The van der Waals surface area contributed by atoms with Crippen molar-refractivity contribution >= 4 is 5.91 Å². The minimum Gasteiger partial charge on any atom is -0.361 e. The lowest BCUT2D eigenvalue weighted by molar-refractivity contribution is 0.0000912. The second kappa shape index (κ2) is 4.04. The number of nitrogens with zero attached hydrogens (tertiary/aromatic N) is 1. The first-order chi connectivity index (χ1) is 6.11. The van der Waals surface area contributed by atoms with Gasteiger partial charge in [-0.25, -0.2) is 5.48 Å². The van der Waals surface area contributed by atoms with Crippen LogP contribution in [0.15, 0.2) is 10.7 Å². The highest BCUT2D eigenvalue weighted by atomic mass is 16.7. The Morgan fingerprint density at radius 2 is 2.38 bits per heavy atom. The Morgan fingerprint density at radius 1 is 1.69 bits per heavy atom. The summed E-state index contributed by atoms with van der Waals surface area (Å²) in [6.07, 6.45) is 1.30. The number of hydroxylamine groups is 1. The van der Waals surface area contributed by atoms with Crippen LogP contribution in [0.25, 0.3) is 0 Å². The van der Waals surface area contributed by atoms with Gasteiger partial charge in [0.05, 0.1) is 12.3 Å². The predicted molar refractivity (Wildman–Crippen MR) is 44.9 cm³/mol. The van der Waals surface area contributed by atoms with Crippen molar-refractivity contribution < 1.29 is 14.2 Å². The Kier molecular flexibility index (Phi) is 3.02. The molecule has 0 atom stereocenters. The summed E-state index contributed by atoms with van der Waals surface area (Å²) in [4.78, 5) is 16.2. The van der Waals surface area contributed by atoms with E-state index in [-0.39, 0.29) is 12.0 Å². The lowest BCUT2D eigenvalue weighted by Gasteiger charge is -2.06. The van der Waals surface area contributed by atoms with Gasteiger partial charge in [-0.1, -0.05) is 5.16 Å². The van der Waals surface area contributed by atoms with E-state index in [4.69, 9.17) is 9.36 Å². The first-order valence-electron chi connectivity index (χ1n) is 3.98. The normalized spacial score (nSPS) is 10.5. The van der Waals surface area contributed by atoms with Crippen molar-refractivity contribution in [1.29, 1.82) is 0 Å². The van der Waals surface area contributed by atoms with Crippen LogP contribution < -0.4 is 5.48 Å². The largest absolute Gasteiger partial charge is 0.361 e.